The van der Waals surface area contributed by atoms with Gasteiger partial charge in [-0.05, 0) is 44.0 Å². The molecule has 0 spiro atoms. The Morgan fingerprint density at radius 3 is 2.35 bits per heavy atom. The van der Waals surface area contributed by atoms with Gasteiger partial charge in [0, 0.05) is 5.69 Å². The highest BCUT2D eigenvalue weighted by Gasteiger charge is 2.09. The second kappa shape index (κ2) is 6.24. The number of anilines is 1. The van der Waals surface area contributed by atoms with Crippen molar-refractivity contribution < 1.29 is 4.79 Å². The number of nitrogens with one attached hydrogen (secondary N) is 2. The van der Waals surface area contributed by atoms with Crippen molar-refractivity contribution in [1.29, 1.82) is 0 Å². The Kier molecular flexibility index (Phi) is 4.41. The Labute approximate surface area is 120 Å². The molecule has 0 saturated carbocycles. The molecule has 3 heteroatoms. The van der Waals surface area contributed by atoms with Gasteiger partial charge in [0.1, 0.15) is 0 Å². The van der Waals surface area contributed by atoms with Crippen molar-refractivity contribution >= 4 is 11.7 Å². The van der Waals surface area contributed by atoms with Gasteiger partial charge >= 0.3 is 6.03 Å². The van der Waals surface area contributed by atoms with Crippen LogP contribution in [-0.2, 0) is 0 Å². The van der Waals surface area contributed by atoms with Gasteiger partial charge in [-0.15, -0.1) is 0 Å². The van der Waals surface area contributed by atoms with Gasteiger partial charge in [-0.3, -0.25) is 0 Å². The summed E-state index contributed by atoms with van der Waals surface area (Å²) in [5.41, 5.74) is 4.23. The van der Waals surface area contributed by atoms with Gasteiger partial charge in [-0.1, -0.05) is 42.0 Å². The SMILES string of the molecule is Cc1ccc([C@H](C)NC(=O)Nc2cccc(C)c2)cc1. The summed E-state index contributed by atoms with van der Waals surface area (Å²) in [5, 5.41) is 5.78. The van der Waals surface area contributed by atoms with Crippen molar-refractivity contribution in [2.75, 3.05) is 5.32 Å². The lowest BCUT2D eigenvalue weighted by molar-refractivity contribution is 0.249. The van der Waals surface area contributed by atoms with E-state index in [9.17, 15) is 4.79 Å². The molecule has 3 nitrogen and oxygen atoms in total. The number of amides is 2. The third-order valence-corrected chi connectivity index (χ3v) is 3.20. The van der Waals surface area contributed by atoms with E-state index in [0.717, 1.165) is 16.8 Å². The quantitative estimate of drug-likeness (QED) is 0.861. The Morgan fingerprint density at radius 1 is 1.00 bits per heavy atom. The summed E-state index contributed by atoms with van der Waals surface area (Å²) in [4.78, 5) is 12.0. The maximum absolute atomic E-state index is 12.0. The minimum atomic E-state index is -0.191. The topological polar surface area (TPSA) is 41.1 Å². The monoisotopic (exact) mass is 268 g/mol. The highest BCUT2D eigenvalue weighted by atomic mass is 16.2. The second-order valence-electron chi connectivity index (χ2n) is 5.10. The van der Waals surface area contributed by atoms with Gasteiger partial charge in [0.05, 0.1) is 6.04 Å². The average molecular weight is 268 g/mol. The lowest BCUT2D eigenvalue weighted by Crippen LogP contribution is -2.31. The van der Waals surface area contributed by atoms with Crippen molar-refractivity contribution in [2.24, 2.45) is 0 Å². The van der Waals surface area contributed by atoms with Crippen LogP contribution >= 0.6 is 0 Å². The Balaban J connectivity index is 1.95. The fourth-order valence-corrected chi connectivity index (χ4v) is 2.03. The molecule has 0 aliphatic heterocycles. The number of hydrogen-bond donors (Lipinski definition) is 2. The Bertz CT molecular complexity index is 590. The first-order valence-electron chi connectivity index (χ1n) is 6.75. The third-order valence-electron chi connectivity index (χ3n) is 3.20. The summed E-state index contributed by atoms with van der Waals surface area (Å²) < 4.78 is 0. The Hall–Kier alpha value is -2.29. The van der Waals surface area contributed by atoms with Crippen LogP contribution in [0.2, 0.25) is 0 Å². The van der Waals surface area contributed by atoms with Crippen LogP contribution in [0.25, 0.3) is 0 Å². The average Bonchev–Trinajstić information content (AvgIpc) is 2.39. The molecule has 0 bridgehead atoms. The minimum Gasteiger partial charge on any atom is -0.331 e. The van der Waals surface area contributed by atoms with Gasteiger partial charge in [0.25, 0.3) is 0 Å². The highest BCUT2D eigenvalue weighted by Crippen LogP contribution is 2.14. The van der Waals surface area contributed by atoms with Gasteiger partial charge in [-0.25, -0.2) is 4.79 Å². The predicted molar refractivity (Wildman–Crippen MR) is 82.9 cm³/mol. The molecule has 1 atom stereocenters. The smallest absolute Gasteiger partial charge is 0.319 e. The highest BCUT2D eigenvalue weighted by molar-refractivity contribution is 5.89. The number of urea groups is 1. The minimum absolute atomic E-state index is 0.0274. The summed E-state index contributed by atoms with van der Waals surface area (Å²) >= 11 is 0. The van der Waals surface area contributed by atoms with Crippen LogP contribution in [0.1, 0.15) is 29.7 Å². The molecule has 0 unspecified atom stereocenters. The number of hydrogen-bond acceptors (Lipinski definition) is 1. The molecule has 104 valence electrons. The maximum Gasteiger partial charge on any atom is 0.319 e. The van der Waals surface area contributed by atoms with Gasteiger partial charge < -0.3 is 10.6 Å². The lowest BCUT2D eigenvalue weighted by Gasteiger charge is -2.15. The largest absolute Gasteiger partial charge is 0.331 e. The van der Waals surface area contributed by atoms with Gasteiger partial charge in [0.2, 0.25) is 0 Å². The van der Waals surface area contributed by atoms with Crippen molar-refractivity contribution in [3.05, 3.63) is 65.2 Å². The van der Waals surface area contributed by atoms with Crippen LogP contribution in [0.3, 0.4) is 0 Å². The van der Waals surface area contributed by atoms with Gasteiger partial charge in [-0.2, -0.15) is 0 Å². The van der Waals surface area contributed by atoms with E-state index >= 15 is 0 Å². The summed E-state index contributed by atoms with van der Waals surface area (Å²) in [6.45, 7) is 6.02. The van der Waals surface area contributed by atoms with Crippen LogP contribution < -0.4 is 10.6 Å². The number of rotatable bonds is 3. The summed E-state index contributed by atoms with van der Waals surface area (Å²) in [5.74, 6) is 0. The van der Waals surface area contributed by atoms with E-state index in [1.165, 1.54) is 5.56 Å². The molecular weight excluding hydrogens is 248 g/mol. The normalized spacial score (nSPS) is 11.8. The third kappa shape index (κ3) is 3.85. The summed E-state index contributed by atoms with van der Waals surface area (Å²) in [6, 6.07) is 15.7. The van der Waals surface area contributed by atoms with Crippen molar-refractivity contribution in [3.8, 4) is 0 Å². The van der Waals surface area contributed by atoms with Crippen LogP contribution in [0.15, 0.2) is 48.5 Å². The van der Waals surface area contributed by atoms with E-state index in [4.69, 9.17) is 0 Å². The maximum atomic E-state index is 12.0. The molecule has 0 heterocycles. The standard InChI is InChI=1S/C17H20N2O/c1-12-7-9-15(10-8-12)14(3)18-17(20)19-16-6-4-5-13(2)11-16/h4-11,14H,1-3H3,(H2,18,19,20)/t14-/m0/s1. The molecule has 2 aromatic carbocycles. The molecule has 2 N–H and O–H groups in total. The number of aryl methyl sites for hydroxylation is 2. The van der Waals surface area contributed by atoms with Crippen LogP contribution in [0.4, 0.5) is 10.5 Å². The van der Waals surface area contributed by atoms with E-state index in [1.807, 2.05) is 69.3 Å². The molecule has 0 saturated heterocycles. The van der Waals surface area contributed by atoms with Gasteiger partial charge in [0.15, 0.2) is 0 Å². The molecule has 20 heavy (non-hydrogen) atoms. The number of carbonyl (C=O) groups excluding carboxylic acids is 1. The number of benzene rings is 2. The van der Waals surface area contributed by atoms with Crippen molar-refractivity contribution in [2.45, 2.75) is 26.8 Å². The van der Waals surface area contributed by atoms with E-state index in [2.05, 4.69) is 10.6 Å². The molecule has 0 aliphatic carbocycles. The first kappa shape index (κ1) is 14.1. The molecule has 2 aromatic rings. The number of carbonyl (C=O) groups is 1. The summed E-state index contributed by atoms with van der Waals surface area (Å²) in [6.07, 6.45) is 0. The summed E-state index contributed by atoms with van der Waals surface area (Å²) in [7, 11) is 0. The first-order chi connectivity index (χ1) is 9.54. The van der Waals surface area contributed by atoms with Crippen molar-refractivity contribution in [1.82, 2.24) is 5.32 Å². The van der Waals surface area contributed by atoms with E-state index in [-0.39, 0.29) is 12.1 Å². The van der Waals surface area contributed by atoms with E-state index in [1.54, 1.807) is 0 Å². The molecule has 0 aromatic heterocycles. The molecule has 0 radical (unpaired) electrons. The van der Waals surface area contributed by atoms with E-state index < -0.39 is 0 Å². The van der Waals surface area contributed by atoms with Crippen molar-refractivity contribution in [3.63, 3.8) is 0 Å². The van der Waals surface area contributed by atoms with Crippen LogP contribution in [0.5, 0.6) is 0 Å². The lowest BCUT2D eigenvalue weighted by atomic mass is 10.1. The fourth-order valence-electron chi connectivity index (χ4n) is 2.03. The first-order valence-corrected chi connectivity index (χ1v) is 6.75. The fraction of sp³-hybridized carbons (Fsp3) is 0.235. The van der Waals surface area contributed by atoms with Crippen LogP contribution in [-0.4, -0.2) is 6.03 Å². The predicted octanol–water partition coefficient (Wildman–Crippen LogP) is 4.19. The zero-order valence-electron chi connectivity index (χ0n) is 12.1. The van der Waals surface area contributed by atoms with Crippen LogP contribution in [0, 0.1) is 13.8 Å². The van der Waals surface area contributed by atoms with E-state index in [0.29, 0.717) is 0 Å². The Morgan fingerprint density at radius 2 is 1.70 bits per heavy atom. The molecule has 0 fully saturated rings. The molecule has 0 aliphatic rings. The molecule has 2 amide bonds. The molecule has 2 rings (SSSR count). The zero-order chi connectivity index (χ0) is 14.5. The zero-order valence-corrected chi connectivity index (χ0v) is 12.1. The second-order valence-corrected chi connectivity index (χ2v) is 5.10. The molecular formula is C17H20N2O.